The predicted molar refractivity (Wildman–Crippen MR) is 126 cm³/mol. The fraction of sp³-hybridized carbons (Fsp3) is 0.364. The number of amidine groups is 1. The van der Waals surface area contributed by atoms with E-state index in [-0.39, 0.29) is 35.1 Å². The lowest BCUT2D eigenvalue weighted by Gasteiger charge is -2.25. The summed E-state index contributed by atoms with van der Waals surface area (Å²) < 4.78 is 29.6. The van der Waals surface area contributed by atoms with Crippen molar-refractivity contribution in [2.24, 2.45) is 4.99 Å². The van der Waals surface area contributed by atoms with E-state index < -0.39 is 9.84 Å². The Morgan fingerprint density at radius 3 is 2.42 bits per heavy atom. The molecule has 7 nitrogen and oxygen atoms in total. The lowest BCUT2D eigenvalue weighted by atomic mass is 10.1. The van der Waals surface area contributed by atoms with E-state index in [1.165, 1.54) is 11.8 Å². The van der Waals surface area contributed by atoms with Crippen molar-refractivity contribution in [3.05, 3.63) is 54.1 Å². The van der Waals surface area contributed by atoms with Gasteiger partial charge in [-0.05, 0) is 42.0 Å². The third-order valence-electron chi connectivity index (χ3n) is 5.45. The van der Waals surface area contributed by atoms with E-state index in [1.54, 1.807) is 7.11 Å². The molecular weight excluding hydrogens is 434 g/mol. The summed E-state index contributed by atoms with van der Waals surface area (Å²) in [7, 11) is 2.43. The van der Waals surface area contributed by atoms with Gasteiger partial charge >= 0.3 is 0 Å². The van der Waals surface area contributed by atoms with Crippen LogP contribution in [0.4, 0.5) is 11.4 Å². The van der Waals surface area contributed by atoms with Crippen molar-refractivity contribution in [3.8, 4) is 5.75 Å². The Hall–Kier alpha value is -2.52. The number of methoxy groups -OCH3 is 1. The lowest BCUT2D eigenvalue weighted by molar-refractivity contribution is -0.117. The molecule has 2 unspecified atom stereocenters. The molecule has 0 saturated carbocycles. The van der Waals surface area contributed by atoms with E-state index in [2.05, 4.69) is 4.99 Å². The SMILES string of the molecule is COc1ccc(CC(=O)N=C2SC3CS(=O)(=O)CC3N2c2ccc(N(C)C)cc2)cc1. The topological polar surface area (TPSA) is 79.3 Å². The zero-order valence-electron chi connectivity index (χ0n) is 17.7. The number of carbonyl (C=O) groups excluding carboxylic acids is 1. The third kappa shape index (κ3) is 4.72. The molecule has 2 heterocycles. The highest BCUT2D eigenvalue weighted by Gasteiger charge is 2.49. The Balaban J connectivity index is 1.60. The molecule has 31 heavy (non-hydrogen) atoms. The van der Waals surface area contributed by atoms with E-state index in [4.69, 9.17) is 4.74 Å². The number of hydrogen-bond donors (Lipinski definition) is 0. The number of sulfone groups is 1. The van der Waals surface area contributed by atoms with Crippen LogP contribution >= 0.6 is 11.8 Å². The number of carbonyl (C=O) groups is 1. The van der Waals surface area contributed by atoms with Gasteiger partial charge in [-0.1, -0.05) is 23.9 Å². The third-order valence-corrected chi connectivity index (χ3v) is 8.66. The van der Waals surface area contributed by atoms with Gasteiger partial charge in [0.05, 0.1) is 31.1 Å². The monoisotopic (exact) mass is 459 g/mol. The number of anilines is 2. The van der Waals surface area contributed by atoms with Gasteiger partial charge in [-0.25, -0.2) is 8.42 Å². The smallest absolute Gasteiger partial charge is 0.252 e. The van der Waals surface area contributed by atoms with Gasteiger partial charge in [0.2, 0.25) is 0 Å². The molecule has 164 valence electrons. The molecule has 0 bridgehead atoms. The summed E-state index contributed by atoms with van der Waals surface area (Å²) in [4.78, 5) is 21.0. The normalized spacial score (nSPS) is 23.1. The molecule has 2 aromatic carbocycles. The molecule has 0 N–H and O–H groups in total. The molecule has 4 rings (SSSR count). The summed E-state index contributed by atoms with van der Waals surface area (Å²) in [5, 5.41) is 0.451. The highest BCUT2D eigenvalue weighted by molar-refractivity contribution is 8.16. The maximum Gasteiger partial charge on any atom is 0.252 e. The Morgan fingerprint density at radius 1 is 1.13 bits per heavy atom. The number of hydrogen-bond acceptors (Lipinski definition) is 6. The summed E-state index contributed by atoms with van der Waals surface area (Å²) in [6, 6.07) is 15.0. The maximum atomic E-state index is 12.7. The van der Waals surface area contributed by atoms with Crippen LogP contribution in [0.2, 0.25) is 0 Å². The van der Waals surface area contributed by atoms with Gasteiger partial charge in [-0.15, -0.1) is 0 Å². The quantitative estimate of drug-likeness (QED) is 0.680. The predicted octanol–water partition coefficient (Wildman–Crippen LogP) is 2.61. The lowest BCUT2D eigenvalue weighted by Crippen LogP contribution is -2.37. The minimum absolute atomic E-state index is 0.0752. The van der Waals surface area contributed by atoms with Crippen molar-refractivity contribution in [2.45, 2.75) is 17.7 Å². The molecule has 0 spiro atoms. The van der Waals surface area contributed by atoms with Crippen LogP contribution in [0, 0.1) is 0 Å². The molecule has 0 radical (unpaired) electrons. The molecule has 0 aliphatic carbocycles. The van der Waals surface area contributed by atoms with Crippen LogP contribution < -0.4 is 14.5 Å². The zero-order chi connectivity index (χ0) is 22.2. The first kappa shape index (κ1) is 21.7. The molecule has 1 amide bonds. The number of nitrogens with zero attached hydrogens (tertiary/aromatic N) is 3. The van der Waals surface area contributed by atoms with Gasteiger partial charge in [-0.2, -0.15) is 4.99 Å². The number of amides is 1. The summed E-state index contributed by atoms with van der Waals surface area (Å²) in [5.74, 6) is 0.659. The van der Waals surface area contributed by atoms with Gasteiger partial charge in [0.1, 0.15) is 5.75 Å². The van der Waals surface area contributed by atoms with Crippen LogP contribution in [-0.4, -0.2) is 63.5 Å². The van der Waals surface area contributed by atoms with Crippen LogP contribution in [0.15, 0.2) is 53.5 Å². The van der Waals surface area contributed by atoms with E-state index in [0.717, 1.165) is 22.7 Å². The van der Waals surface area contributed by atoms with E-state index in [1.807, 2.05) is 72.4 Å². The molecule has 2 aliphatic heterocycles. The minimum atomic E-state index is -3.10. The minimum Gasteiger partial charge on any atom is -0.497 e. The average molecular weight is 460 g/mol. The summed E-state index contributed by atoms with van der Waals surface area (Å²) >= 11 is 1.39. The number of fused-ring (bicyclic) bond motifs is 1. The summed E-state index contributed by atoms with van der Waals surface area (Å²) in [6.45, 7) is 0. The van der Waals surface area contributed by atoms with Gasteiger partial charge in [0, 0.05) is 30.7 Å². The second-order valence-corrected chi connectivity index (χ2v) is 11.3. The standard InChI is InChI=1S/C22H25N3O4S2/c1-24(2)16-6-8-17(9-7-16)25-19-13-31(27,28)14-20(19)30-22(25)23-21(26)12-15-4-10-18(29-3)11-5-15/h4-11,19-20H,12-14H2,1-3H3. The van der Waals surface area contributed by atoms with Crippen molar-refractivity contribution in [2.75, 3.05) is 42.5 Å². The van der Waals surface area contributed by atoms with Crippen molar-refractivity contribution in [1.82, 2.24) is 0 Å². The molecule has 9 heteroatoms. The first-order chi connectivity index (χ1) is 14.8. The summed E-state index contributed by atoms with van der Waals surface area (Å²) in [6.07, 6.45) is 0.176. The fourth-order valence-electron chi connectivity index (χ4n) is 3.84. The molecule has 2 fully saturated rings. The van der Waals surface area contributed by atoms with E-state index >= 15 is 0 Å². The number of ether oxygens (including phenoxy) is 1. The average Bonchev–Trinajstić information content (AvgIpc) is 3.19. The zero-order valence-corrected chi connectivity index (χ0v) is 19.3. The molecule has 2 atom stereocenters. The van der Waals surface area contributed by atoms with E-state index in [9.17, 15) is 13.2 Å². The highest BCUT2D eigenvalue weighted by Crippen LogP contribution is 2.41. The van der Waals surface area contributed by atoms with Gasteiger partial charge in [0.25, 0.3) is 5.91 Å². The molecular formula is C22H25N3O4S2. The second-order valence-electron chi connectivity index (χ2n) is 7.89. The highest BCUT2D eigenvalue weighted by atomic mass is 32.2. The summed E-state index contributed by atoms with van der Waals surface area (Å²) in [5.41, 5.74) is 2.74. The molecule has 0 aromatic heterocycles. The Morgan fingerprint density at radius 2 is 1.81 bits per heavy atom. The largest absolute Gasteiger partial charge is 0.497 e. The Labute approximate surface area is 187 Å². The van der Waals surface area contributed by atoms with E-state index in [0.29, 0.717) is 5.17 Å². The molecule has 2 aromatic rings. The van der Waals surface area contributed by atoms with Crippen LogP contribution in [0.3, 0.4) is 0 Å². The number of rotatable bonds is 5. The molecule has 2 saturated heterocycles. The van der Waals surface area contributed by atoms with Crippen molar-refractivity contribution < 1.29 is 17.9 Å². The van der Waals surface area contributed by atoms with Crippen LogP contribution in [0.25, 0.3) is 0 Å². The van der Waals surface area contributed by atoms with Gasteiger partial charge in [0.15, 0.2) is 15.0 Å². The van der Waals surface area contributed by atoms with Crippen molar-refractivity contribution >= 4 is 44.0 Å². The number of thioether (sulfide) groups is 1. The first-order valence-electron chi connectivity index (χ1n) is 9.94. The Bertz CT molecular complexity index is 1100. The van der Waals surface area contributed by atoms with Crippen LogP contribution in [-0.2, 0) is 21.1 Å². The van der Waals surface area contributed by atoms with Crippen LogP contribution in [0.5, 0.6) is 5.75 Å². The first-order valence-corrected chi connectivity index (χ1v) is 12.6. The Kier molecular flexibility index (Phi) is 5.98. The second kappa shape index (κ2) is 8.55. The number of aliphatic imine (C=N–C) groups is 1. The van der Waals surface area contributed by atoms with Gasteiger partial charge in [-0.3, -0.25) is 4.79 Å². The van der Waals surface area contributed by atoms with Crippen molar-refractivity contribution in [3.63, 3.8) is 0 Å². The van der Waals surface area contributed by atoms with Gasteiger partial charge < -0.3 is 14.5 Å². The maximum absolute atomic E-state index is 12.7. The molecule has 2 aliphatic rings. The van der Waals surface area contributed by atoms with Crippen molar-refractivity contribution in [1.29, 1.82) is 0 Å². The van der Waals surface area contributed by atoms with Crippen LogP contribution in [0.1, 0.15) is 5.56 Å². The fourth-order valence-corrected chi connectivity index (χ4v) is 7.77. The number of benzene rings is 2.